The number of urea groups is 1. The van der Waals surface area contributed by atoms with Crippen LogP contribution in [0.15, 0.2) is 35.2 Å². The molecule has 1 aliphatic carbocycles. The van der Waals surface area contributed by atoms with Crippen LogP contribution in [-0.2, 0) is 10.0 Å². The number of nitrogens with one attached hydrogen (secondary N) is 1. The molecular weight excluding hydrogens is 288 g/mol. The molecule has 1 N–H and O–H groups in total. The first-order valence-corrected chi connectivity index (χ1v) is 8.88. The Morgan fingerprint density at radius 1 is 1.19 bits per heavy atom. The van der Waals surface area contributed by atoms with E-state index in [4.69, 9.17) is 0 Å². The van der Waals surface area contributed by atoms with Crippen molar-refractivity contribution >= 4 is 16.1 Å². The first kappa shape index (κ1) is 15.8. The SMILES string of the molecule is CCNC(=O)N(C1CCCCC1)S(=O)(=O)c1ccccc1. The highest BCUT2D eigenvalue weighted by molar-refractivity contribution is 7.89. The van der Waals surface area contributed by atoms with Gasteiger partial charge in [0.15, 0.2) is 0 Å². The Morgan fingerprint density at radius 2 is 1.81 bits per heavy atom. The quantitative estimate of drug-likeness (QED) is 0.930. The van der Waals surface area contributed by atoms with Crippen molar-refractivity contribution in [2.75, 3.05) is 6.54 Å². The van der Waals surface area contributed by atoms with E-state index in [0.29, 0.717) is 6.54 Å². The Morgan fingerprint density at radius 3 is 2.38 bits per heavy atom. The van der Waals surface area contributed by atoms with Gasteiger partial charge in [-0.3, -0.25) is 0 Å². The molecule has 0 spiro atoms. The Kier molecular flexibility index (Phi) is 5.22. The van der Waals surface area contributed by atoms with E-state index in [1.165, 1.54) is 12.1 Å². The van der Waals surface area contributed by atoms with Crippen LogP contribution in [0.4, 0.5) is 4.79 Å². The number of nitrogens with zero attached hydrogens (tertiary/aromatic N) is 1. The first-order chi connectivity index (χ1) is 10.1. The molecule has 0 aliphatic heterocycles. The maximum atomic E-state index is 12.8. The predicted octanol–water partition coefficient (Wildman–Crippen LogP) is 2.74. The van der Waals surface area contributed by atoms with Crippen molar-refractivity contribution in [1.82, 2.24) is 9.62 Å². The summed E-state index contributed by atoms with van der Waals surface area (Å²) in [5.74, 6) is 0. The zero-order valence-electron chi connectivity index (χ0n) is 12.3. The first-order valence-electron chi connectivity index (χ1n) is 7.44. The van der Waals surface area contributed by atoms with Crippen LogP contribution >= 0.6 is 0 Å². The van der Waals surface area contributed by atoms with E-state index in [1.807, 2.05) is 0 Å². The number of carbonyl (C=O) groups is 1. The fourth-order valence-electron chi connectivity index (χ4n) is 2.72. The molecule has 6 heteroatoms. The third kappa shape index (κ3) is 3.56. The van der Waals surface area contributed by atoms with Crippen molar-refractivity contribution in [3.05, 3.63) is 30.3 Å². The molecule has 0 radical (unpaired) electrons. The average Bonchev–Trinajstić information content (AvgIpc) is 2.49. The Balaban J connectivity index is 2.36. The van der Waals surface area contributed by atoms with Crippen LogP contribution in [0, 0.1) is 0 Å². The van der Waals surface area contributed by atoms with E-state index in [-0.39, 0.29) is 10.9 Å². The van der Waals surface area contributed by atoms with Crippen LogP contribution < -0.4 is 5.32 Å². The van der Waals surface area contributed by atoms with Gasteiger partial charge in [0, 0.05) is 6.54 Å². The van der Waals surface area contributed by atoms with Crippen LogP contribution in [0.5, 0.6) is 0 Å². The summed E-state index contributed by atoms with van der Waals surface area (Å²) >= 11 is 0. The molecule has 0 bridgehead atoms. The molecule has 116 valence electrons. The topological polar surface area (TPSA) is 66.5 Å². The second-order valence-electron chi connectivity index (χ2n) is 5.24. The summed E-state index contributed by atoms with van der Waals surface area (Å²) in [6.45, 7) is 2.19. The van der Waals surface area contributed by atoms with Gasteiger partial charge in [-0.2, -0.15) is 0 Å². The van der Waals surface area contributed by atoms with Crippen molar-refractivity contribution in [2.24, 2.45) is 0 Å². The minimum Gasteiger partial charge on any atom is -0.337 e. The zero-order chi connectivity index (χ0) is 15.3. The fourth-order valence-corrected chi connectivity index (χ4v) is 4.34. The van der Waals surface area contributed by atoms with Gasteiger partial charge < -0.3 is 5.32 Å². The van der Waals surface area contributed by atoms with Gasteiger partial charge in [0.25, 0.3) is 10.0 Å². The highest BCUT2D eigenvalue weighted by atomic mass is 32.2. The normalized spacial score (nSPS) is 16.4. The van der Waals surface area contributed by atoms with Gasteiger partial charge >= 0.3 is 6.03 Å². The number of hydrogen-bond donors (Lipinski definition) is 1. The minimum absolute atomic E-state index is 0.168. The van der Waals surface area contributed by atoms with Gasteiger partial charge in [0.1, 0.15) is 0 Å². The Bertz CT molecular complexity index is 566. The van der Waals surface area contributed by atoms with E-state index >= 15 is 0 Å². The summed E-state index contributed by atoms with van der Waals surface area (Å²) in [6, 6.07) is 7.40. The van der Waals surface area contributed by atoms with E-state index in [1.54, 1.807) is 25.1 Å². The number of rotatable bonds is 4. The molecule has 1 saturated carbocycles. The summed E-state index contributed by atoms with van der Waals surface area (Å²) in [7, 11) is -3.80. The Labute approximate surface area is 126 Å². The monoisotopic (exact) mass is 310 g/mol. The molecule has 2 amide bonds. The molecule has 1 fully saturated rings. The van der Waals surface area contributed by atoms with Gasteiger partial charge in [-0.25, -0.2) is 17.5 Å². The number of benzene rings is 1. The zero-order valence-corrected chi connectivity index (χ0v) is 13.1. The highest BCUT2D eigenvalue weighted by Gasteiger charge is 2.35. The third-order valence-electron chi connectivity index (χ3n) is 3.73. The molecule has 1 aromatic rings. The molecule has 0 aromatic heterocycles. The summed E-state index contributed by atoms with van der Waals surface area (Å²) in [5, 5.41) is 2.63. The lowest BCUT2D eigenvalue weighted by atomic mass is 9.96. The molecule has 0 unspecified atom stereocenters. The predicted molar refractivity (Wildman–Crippen MR) is 81.4 cm³/mol. The standard InChI is InChI=1S/C15H22N2O3S/c1-2-16-15(18)17(13-9-5-3-6-10-13)21(19,20)14-11-7-4-8-12-14/h4,7-8,11-13H,2-3,5-6,9-10H2,1H3,(H,16,18). The van der Waals surface area contributed by atoms with E-state index < -0.39 is 16.1 Å². The molecule has 0 saturated heterocycles. The lowest BCUT2D eigenvalue weighted by Gasteiger charge is -2.33. The molecule has 1 aliphatic rings. The van der Waals surface area contributed by atoms with Gasteiger partial charge in [-0.15, -0.1) is 0 Å². The van der Waals surface area contributed by atoms with Crippen molar-refractivity contribution in [3.8, 4) is 0 Å². The average molecular weight is 310 g/mol. The van der Waals surface area contributed by atoms with Gasteiger partial charge in [-0.05, 0) is 31.9 Å². The summed E-state index contributed by atoms with van der Waals surface area (Å²) < 4.78 is 26.7. The molecule has 21 heavy (non-hydrogen) atoms. The largest absolute Gasteiger partial charge is 0.337 e. The molecule has 2 rings (SSSR count). The number of carbonyl (C=O) groups excluding carboxylic acids is 1. The highest BCUT2D eigenvalue weighted by Crippen LogP contribution is 2.27. The van der Waals surface area contributed by atoms with Crippen molar-refractivity contribution in [3.63, 3.8) is 0 Å². The second kappa shape index (κ2) is 6.93. The van der Waals surface area contributed by atoms with Gasteiger partial charge in [-0.1, -0.05) is 37.5 Å². The van der Waals surface area contributed by atoms with Crippen LogP contribution in [0.3, 0.4) is 0 Å². The summed E-state index contributed by atoms with van der Waals surface area (Å²) in [5.41, 5.74) is 0. The van der Waals surface area contributed by atoms with E-state index in [2.05, 4.69) is 5.32 Å². The molecule has 1 aromatic carbocycles. The molecule has 5 nitrogen and oxygen atoms in total. The number of amides is 2. The van der Waals surface area contributed by atoms with E-state index in [0.717, 1.165) is 36.4 Å². The maximum Gasteiger partial charge on any atom is 0.331 e. The van der Waals surface area contributed by atoms with Crippen LogP contribution in [0.1, 0.15) is 39.0 Å². The van der Waals surface area contributed by atoms with Crippen molar-refractivity contribution < 1.29 is 13.2 Å². The van der Waals surface area contributed by atoms with Crippen LogP contribution in [0.25, 0.3) is 0 Å². The summed E-state index contributed by atoms with van der Waals surface area (Å²) in [6.07, 6.45) is 4.51. The maximum absolute atomic E-state index is 12.8. The number of hydrogen-bond acceptors (Lipinski definition) is 3. The molecule has 0 atom stereocenters. The lowest BCUT2D eigenvalue weighted by Crippen LogP contribution is -2.50. The van der Waals surface area contributed by atoms with Crippen LogP contribution in [-0.4, -0.2) is 31.3 Å². The molecule has 0 heterocycles. The van der Waals surface area contributed by atoms with E-state index in [9.17, 15) is 13.2 Å². The van der Waals surface area contributed by atoms with Crippen LogP contribution in [0.2, 0.25) is 0 Å². The number of sulfonamides is 1. The molecular formula is C15H22N2O3S. The Hall–Kier alpha value is -1.56. The van der Waals surface area contributed by atoms with Gasteiger partial charge in [0.2, 0.25) is 0 Å². The van der Waals surface area contributed by atoms with Gasteiger partial charge in [0.05, 0.1) is 10.9 Å². The minimum atomic E-state index is -3.80. The third-order valence-corrected chi connectivity index (χ3v) is 5.58. The van der Waals surface area contributed by atoms with Crippen molar-refractivity contribution in [1.29, 1.82) is 0 Å². The summed E-state index contributed by atoms with van der Waals surface area (Å²) in [4.78, 5) is 12.5. The fraction of sp³-hybridized carbons (Fsp3) is 0.533. The second-order valence-corrected chi connectivity index (χ2v) is 7.06. The van der Waals surface area contributed by atoms with Crippen molar-refractivity contribution in [2.45, 2.75) is 50.0 Å². The smallest absolute Gasteiger partial charge is 0.331 e. The lowest BCUT2D eigenvalue weighted by molar-refractivity contribution is 0.200.